The fourth-order valence-electron chi connectivity index (χ4n) is 2.95. The molecule has 2 aromatic rings. The third kappa shape index (κ3) is 5.42. The molecule has 1 aliphatic rings. The highest BCUT2D eigenvalue weighted by molar-refractivity contribution is 7.07. The van der Waals surface area contributed by atoms with Crippen LogP contribution in [0.2, 0.25) is 0 Å². The first-order valence-corrected chi connectivity index (χ1v) is 9.73. The Morgan fingerprint density at radius 3 is 2.62 bits per heavy atom. The van der Waals surface area contributed by atoms with Crippen molar-refractivity contribution in [3.05, 3.63) is 22.1 Å². The Morgan fingerprint density at radius 2 is 2.03 bits per heavy atom. The second kappa shape index (κ2) is 8.87. The van der Waals surface area contributed by atoms with Crippen LogP contribution in [0.15, 0.2) is 11.6 Å². The van der Waals surface area contributed by atoms with Crippen LogP contribution in [-0.4, -0.2) is 54.4 Å². The molecule has 29 heavy (non-hydrogen) atoms. The molecule has 2 amide bonds. The average molecular weight is 423 g/mol. The van der Waals surface area contributed by atoms with Gasteiger partial charge in [-0.3, -0.25) is 5.41 Å². The normalized spacial score (nSPS) is 19.9. The molecule has 156 valence electrons. The third-order valence-electron chi connectivity index (χ3n) is 4.44. The minimum Gasteiger partial charge on any atom is -0.492 e. The number of nitrogens with zero attached hydrogens (tertiary/aromatic N) is 2. The number of aliphatic carboxylic acids is 1. The zero-order valence-electron chi connectivity index (χ0n) is 15.2. The standard InChI is InChI=1S/C16H21N7O5S/c17-14-20-10(6-29-14)11(13(26)27)22-16(28)21-9-5-18-15(23-12(9)25)19-7-1-3-8(24)4-2-7/h5-8,11,24H,1-4H2,(H2,17,20)(H,26,27)(H2,21,22,28)(H2,18,19,23,25). The summed E-state index contributed by atoms with van der Waals surface area (Å²) < 4.78 is 0. The van der Waals surface area contributed by atoms with Crippen LogP contribution in [0.4, 0.5) is 16.4 Å². The largest absolute Gasteiger partial charge is 0.492 e. The van der Waals surface area contributed by atoms with E-state index in [9.17, 15) is 24.9 Å². The molecule has 0 aliphatic heterocycles. The van der Waals surface area contributed by atoms with Gasteiger partial charge in [-0.15, -0.1) is 11.3 Å². The number of carbonyl (C=O) groups excluding carboxylic acids is 1. The minimum absolute atomic E-state index is 0.0510. The maximum Gasteiger partial charge on any atom is 0.332 e. The van der Waals surface area contributed by atoms with E-state index < -0.39 is 23.9 Å². The van der Waals surface area contributed by atoms with Gasteiger partial charge in [-0.05, 0) is 25.7 Å². The highest BCUT2D eigenvalue weighted by atomic mass is 32.1. The van der Waals surface area contributed by atoms with E-state index >= 15 is 0 Å². The summed E-state index contributed by atoms with van der Waals surface area (Å²) in [6, 6.07) is -2.19. The van der Waals surface area contributed by atoms with Crippen molar-refractivity contribution in [2.45, 2.75) is 43.9 Å². The zero-order chi connectivity index (χ0) is 21.0. The number of hydrogen-bond donors (Lipinski definition) is 8. The van der Waals surface area contributed by atoms with Gasteiger partial charge in [0.05, 0.1) is 18.0 Å². The van der Waals surface area contributed by atoms with Crippen LogP contribution in [0.3, 0.4) is 0 Å². The number of thiazole rings is 1. The lowest BCUT2D eigenvalue weighted by Crippen LogP contribution is -2.37. The predicted molar refractivity (Wildman–Crippen MR) is 103 cm³/mol. The smallest absolute Gasteiger partial charge is 0.332 e. The monoisotopic (exact) mass is 423 g/mol. The molecule has 8 N–H and O–H groups in total. The van der Waals surface area contributed by atoms with E-state index in [-0.39, 0.29) is 34.3 Å². The van der Waals surface area contributed by atoms with E-state index in [1.807, 2.05) is 0 Å². The van der Waals surface area contributed by atoms with Crippen molar-refractivity contribution >= 4 is 35.0 Å². The van der Waals surface area contributed by atoms with Crippen LogP contribution in [0.25, 0.3) is 0 Å². The lowest BCUT2D eigenvalue weighted by atomic mass is 9.93. The molecule has 1 saturated carbocycles. The molecule has 1 unspecified atom stereocenters. The van der Waals surface area contributed by atoms with Crippen molar-refractivity contribution in [2.24, 2.45) is 0 Å². The number of rotatable bonds is 6. The van der Waals surface area contributed by atoms with Gasteiger partial charge in [-0.25, -0.2) is 14.6 Å². The molecule has 1 atom stereocenters. The van der Waals surface area contributed by atoms with Crippen molar-refractivity contribution in [1.29, 1.82) is 5.41 Å². The highest BCUT2D eigenvalue weighted by Crippen LogP contribution is 2.24. The summed E-state index contributed by atoms with van der Waals surface area (Å²) in [5, 5.41) is 45.4. The first-order valence-electron chi connectivity index (χ1n) is 8.85. The van der Waals surface area contributed by atoms with E-state index in [4.69, 9.17) is 5.41 Å². The van der Waals surface area contributed by atoms with E-state index in [0.29, 0.717) is 12.8 Å². The summed E-state index contributed by atoms with van der Waals surface area (Å²) in [6.07, 6.45) is 3.78. The molecule has 0 radical (unpaired) electrons. The molecular weight excluding hydrogens is 402 g/mol. The van der Waals surface area contributed by atoms with Crippen LogP contribution in [0.5, 0.6) is 5.88 Å². The first-order chi connectivity index (χ1) is 13.8. The van der Waals surface area contributed by atoms with Crippen LogP contribution in [0, 0.1) is 5.41 Å². The first kappa shape index (κ1) is 20.5. The number of amides is 2. The summed E-state index contributed by atoms with van der Waals surface area (Å²) >= 11 is 0.995. The van der Waals surface area contributed by atoms with Gasteiger partial charge in [0.15, 0.2) is 10.8 Å². The number of anilines is 2. The van der Waals surface area contributed by atoms with E-state index in [2.05, 4.69) is 30.9 Å². The molecule has 0 aromatic carbocycles. The van der Waals surface area contributed by atoms with Crippen molar-refractivity contribution < 1.29 is 24.9 Å². The average Bonchev–Trinajstić information content (AvgIpc) is 3.09. The quantitative estimate of drug-likeness (QED) is 0.332. The molecule has 2 aromatic heterocycles. The highest BCUT2D eigenvalue weighted by Gasteiger charge is 2.24. The molecular formula is C16H21N7O5S. The maximum atomic E-state index is 12.1. The molecule has 1 fully saturated rings. The van der Waals surface area contributed by atoms with Crippen LogP contribution in [0.1, 0.15) is 37.4 Å². The molecule has 2 heterocycles. The number of H-pyrrole nitrogens is 1. The fourth-order valence-corrected chi connectivity index (χ4v) is 3.56. The van der Waals surface area contributed by atoms with Gasteiger partial charge in [-0.2, -0.15) is 4.98 Å². The number of urea groups is 1. The lowest BCUT2D eigenvalue weighted by Gasteiger charge is -2.26. The Bertz CT molecular complexity index is 938. The lowest BCUT2D eigenvalue weighted by molar-refractivity contribution is -0.139. The van der Waals surface area contributed by atoms with Gasteiger partial charge in [0, 0.05) is 11.4 Å². The van der Waals surface area contributed by atoms with Gasteiger partial charge >= 0.3 is 12.0 Å². The Hall–Kier alpha value is -3.19. The van der Waals surface area contributed by atoms with Gasteiger partial charge in [-0.1, -0.05) is 0 Å². The molecule has 1 aliphatic carbocycles. The molecule has 3 rings (SSSR count). The second-order valence-electron chi connectivity index (χ2n) is 6.60. The van der Waals surface area contributed by atoms with Crippen LogP contribution < -0.4 is 20.8 Å². The van der Waals surface area contributed by atoms with Gasteiger partial charge in [0.25, 0.3) is 0 Å². The number of aliphatic hydroxyl groups excluding tert-OH is 1. The number of carboxylic acids is 1. The van der Waals surface area contributed by atoms with Crippen LogP contribution >= 0.6 is 11.3 Å². The van der Waals surface area contributed by atoms with E-state index in [1.165, 1.54) is 11.6 Å². The molecule has 0 saturated heterocycles. The van der Waals surface area contributed by atoms with Gasteiger partial charge in [0.1, 0.15) is 5.69 Å². The topological polar surface area (TPSA) is 196 Å². The number of hydrogen-bond acceptors (Lipinski definition) is 9. The van der Waals surface area contributed by atoms with Gasteiger partial charge < -0.3 is 36.3 Å². The predicted octanol–water partition coefficient (Wildman–Crippen LogP) is 0.714. The van der Waals surface area contributed by atoms with E-state index in [1.54, 1.807) is 0 Å². The number of aliphatic hydroxyl groups is 1. The zero-order valence-corrected chi connectivity index (χ0v) is 16.0. The molecule has 13 heteroatoms. The van der Waals surface area contributed by atoms with Crippen molar-refractivity contribution in [2.75, 3.05) is 10.6 Å². The summed E-state index contributed by atoms with van der Waals surface area (Å²) in [5.41, 5.74) is 0.0620. The number of aromatic hydroxyl groups is 1. The minimum atomic E-state index is -1.39. The Balaban J connectivity index is 1.61. The molecule has 0 bridgehead atoms. The fraction of sp³-hybridized carbons (Fsp3) is 0.438. The van der Waals surface area contributed by atoms with Crippen molar-refractivity contribution in [3.63, 3.8) is 0 Å². The summed E-state index contributed by atoms with van der Waals surface area (Å²) in [7, 11) is 0. The Morgan fingerprint density at radius 1 is 1.31 bits per heavy atom. The van der Waals surface area contributed by atoms with Crippen molar-refractivity contribution in [1.82, 2.24) is 20.3 Å². The maximum absolute atomic E-state index is 12.1. The van der Waals surface area contributed by atoms with E-state index in [0.717, 1.165) is 24.2 Å². The second-order valence-corrected chi connectivity index (χ2v) is 7.48. The number of aromatic nitrogens is 3. The van der Waals surface area contributed by atoms with Crippen LogP contribution in [-0.2, 0) is 4.79 Å². The Labute approximate surface area is 168 Å². The SMILES string of the molecule is N=c1[nH]c(C(NC(=O)Nc2cnc(NC3CCC(O)CC3)nc2O)C(=O)O)cs1. The van der Waals surface area contributed by atoms with Crippen molar-refractivity contribution in [3.8, 4) is 5.88 Å². The number of aromatic amines is 1. The molecule has 12 nitrogen and oxygen atoms in total. The number of nitrogens with one attached hydrogen (secondary N) is 5. The third-order valence-corrected chi connectivity index (χ3v) is 5.15. The number of carboxylic acid groups (broad SMARTS) is 1. The molecule has 0 spiro atoms. The summed E-state index contributed by atoms with van der Waals surface area (Å²) in [6.45, 7) is 0. The Kier molecular flexibility index (Phi) is 6.29. The summed E-state index contributed by atoms with van der Waals surface area (Å²) in [5.74, 6) is -1.60. The summed E-state index contributed by atoms with van der Waals surface area (Å²) in [4.78, 5) is 34.1. The van der Waals surface area contributed by atoms with Gasteiger partial charge in [0.2, 0.25) is 11.8 Å². The number of carbonyl (C=O) groups is 2.